The molecule has 0 spiro atoms. The van der Waals surface area contributed by atoms with Crippen molar-refractivity contribution in [2.45, 2.75) is 33.2 Å². The summed E-state index contributed by atoms with van der Waals surface area (Å²) in [5.74, 6) is 0. The molecule has 0 amide bonds. The van der Waals surface area contributed by atoms with E-state index in [1.54, 1.807) is 6.20 Å². The Kier molecular flexibility index (Phi) is 7.31. The van der Waals surface area contributed by atoms with Gasteiger partial charge in [0, 0.05) is 18.9 Å². The Labute approximate surface area is 249 Å². The second kappa shape index (κ2) is 11.2. The molecule has 2 nitrogen and oxygen atoms in total. The van der Waals surface area contributed by atoms with Crippen molar-refractivity contribution in [1.82, 2.24) is 4.90 Å². The molecule has 0 saturated heterocycles. The molecule has 42 heavy (non-hydrogen) atoms. The van der Waals surface area contributed by atoms with Gasteiger partial charge in [-0.3, -0.25) is 0 Å². The van der Waals surface area contributed by atoms with Gasteiger partial charge in [0.2, 0.25) is 0 Å². The number of likely N-dealkylation sites (N-methyl/N-ethyl adjacent to an activating group) is 1. The zero-order chi connectivity index (χ0) is 29.4. The van der Waals surface area contributed by atoms with Crippen LogP contribution >= 0.6 is 0 Å². The first-order valence-electron chi connectivity index (χ1n) is 14.7. The van der Waals surface area contributed by atoms with Gasteiger partial charge in [-0.05, 0) is 111 Å². The highest BCUT2D eigenvalue weighted by Crippen LogP contribution is 2.43. The van der Waals surface area contributed by atoms with Crippen LogP contribution in [0.2, 0.25) is 0 Å². The SMILES string of the molecule is C=Cc1c(C)c(-c2ccc3cc(C(/C=C\CC4C=C(C)N4C)=C/N)ccc3c2)c2cc(C)ccc2c1-c1ccccc1. The van der Waals surface area contributed by atoms with Gasteiger partial charge >= 0.3 is 0 Å². The van der Waals surface area contributed by atoms with Gasteiger partial charge in [-0.1, -0.05) is 103 Å². The van der Waals surface area contributed by atoms with Crippen molar-refractivity contribution in [3.8, 4) is 22.3 Å². The molecule has 5 aromatic carbocycles. The Morgan fingerprint density at radius 3 is 2.31 bits per heavy atom. The van der Waals surface area contributed by atoms with E-state index in [-0.39, 0.29) is 0 Å². The van der Waals surface area contributed by atoms with Gasteiger partial charge in [0.15, 0.2) is 0 Å². The largest absolute Gasteiger partial charge is 0.404 e. The lowest BCUT2D eigenvalue weighted by Gasteiger charge is -2.36. The van der Waals surface area contributed by atoms with Crippen LogP contribution in [0.1, 0.15) is 35.6 Å². The molecule has 5 aromatic rings. The Morgan fingerprint density at radius 2 is 1.60 bits per heavy atom. The van der Waals surface area contributed by atoms with E-state index in [2.05, 4.69) is 142 Å². The van der Waals surface area contributed by atoms with Gasteiger partial charge in [0.05, 0.1) is 6.04 Å². The summed E-state index contributed by atoms with van der Waals surface area (Å²) in [6.45, 7) is 10.8. The molecular weight excluding hydrogens is 508 g/mol. The Balaban J connectivity index is 1.41. The third-order valence-corrected chi connectivity index (χ3v) is 8.83. The van der Waals surface area contributed by atoms with Crippen LogP contribution in [0.5, 0.6) is 0 Å². The molecule has 1 aliphatic rings. The summed E-state index contributed by atoms with van der Waals surface area (Å²) in [5.41, 5.74) is 18.2. The van der Waals surface area contributed by atoms with E-state index in [0.717, 1.165) is 17.6 Å². The number of nitrogens with two attached hydrogens (primary N) is 1. The topological polar surface area (TPSA) is 29.3 Å². The average Bonchev–Trinajstić information content (AvgIpc) is 3.01. The second-order valence-corrected chi connectivity index (χ2v) is 11.4. The Hall–Kier alpha value is -4.82. The predicted molar refractivity (Wildman–Crippen MR) is 183 cm³/mol. The summed E-state index contributed by atoms with van der Waals surface area (Å²) in [7, 11) is 2.15. The lowest BCUT2D eigenvalue weighted by molar-refractivity contribution is 0.300. The van der Waals surface area contributed by atoms with E-state index in [4.69, 9.17) is 5.73 Å². The molecule has 2 heteroatoms. The molecule has 0 saturated carbocycles. The predicted octanol–water partition coefficient (Wildman–Crippen LogP) is 10.1. The van der Waals surface area contributed by atoms with Crippen molar-refractivity contribution in [3.63, 3.8) is 0 Å². The summed E-state index contributed by atoms with van der Waals surface area (Å²) in [6.07, 6.45) is 11.4. The van der Waals surface area contributed by atoms with Crippen LogP contribution in [0.25, 0.3) is 55.4 Å². The van der Waals surface area contributed by atoms with Gasteiger partial charge in [0.25, 0.3) is 0 Å². The molecule has 0 bridgehead atoms. The molecular formula is C40H38N2. The zero-order valence-electron chi connectivity index (χ0n) is 25.0. The quantitative estimate of drug-likeness (QED) is 0.206. The van der Waals surface area contributed by atoms with E-state index in [1.807, 2.05) is 6.08 Å². The molecule has 1 unspecified atom stereocenters. The summed E-state index contributed by atoms with van der Waals surface area (Å²) >= 11 is 0. The van der Waals surface area contributed by atoms with E-state index < -0.39 is 0 Å². The maximum absolute atomic E-state index is 6.08. The number of fused-ring (bicyclic) bond motifs is 2. The monoisotopic (exact) mass is 546 g/mol. The standard InChI is InChI=1S/C40H38N2/c1-6-36-28(4)39(38-21-26(2)15-20-37(38)40(36)29-11-8-7-9-12-29)33-19-18-30-23-32(17-16-31(30)24-33)34(25-41)13-10-14-35-22-27(3)42(35)5/h6-13,15-25,35H,1,14,41H2,2-5H3/b13-10-,34-25+. The summed E-state index contributed by atoms with van der Waals surface area (Å²) in [6, 6.07) is 31.4. The van der Waals surface area contributed by atoms with Gasteiger partial charge in [-0.25, -0.2) is 0 Å². The number of rotatable bonds is 7. The number of allylic oxidation sites excluding steroid dienone is 3. The molecule has 6 rings (SSSR count). The number of benzene rings is 5. The van der Waals surface area contributed by atoms with Crippen LogP contribution in [0, 0.1) is 13.8 Å². The molecule has 0 radical (unpaired) electrons. The van der Waals surface area contributed by atoms with Crippen molar-refractivity contribution < 1.29 is 0 Å². The lowest BCUT2D eigenvalue weighted by atomic mass is 9.83. The molecule has 2 N–H and O–H groups in total. The van der Waals surface area contributed by atoms with E-state index in [0.29, 0.717) is 6.04 Å². The van der Waals surface area contributed by atoms with Gasteiger partial charge in [-0.2, -0.15) is 0 Å². The highest BCUT2D eigenvalue weighted by atomic mass is 15.2. The minimum atomic E-state index is 0.474. The first-order valence-corrected chi connectivity index (χ1v) is 14.7. The lowest BCUT2D eigenvalue weighted by Crippen LogP contribution is -2.36. The minimum absolute atomic E-state index is 0.474. The molecule has 1 heterocycles. The Bertz CT molecular complexity index is 1920. The van der Waals surface area contributed by atoms with Crippen LogP contribution < -0.4 is 5.73 Å². The second-order valence-electron chi connectivity index (χ2n) is 11.4. The molecule has 1 atom stereocenters. The molecule has 0 aromatic heterocycles. The van der Waals surface area contributed by atoms with Crippen molar-refractivity contribution in [1.29, 1.82) is 0 Å². The van der Waals surface area contributed by atoms with Crippen LogP contribution in [0.3, 0.4) is 0 Å². The zero-order valence-corrected chi connectivity index (χ0v) is 25.0. The molecule has 208 valence electrons. The van der Waals surface area contributed by atoms with E-state index >= 15 is 0 Å². The number of hydrogen-bond acceptors (Lipinski definition) is 2. The van der Waals surface area contributed by atoms with Crippen molar-refractivity contribution >= 4 is 33.2 Å². The van der Waals surface area contributed by atoms with Crippen LogP contribution in [-0.4, -0.2) is 18.0 Å². The smallest absolute Gasteiger partial charge is 0.0520 e. The van der Waals surface area contributed by atoms with Crippen LogP contribution in [0.4, 0.5) is 0 Å². The van der Waals surface area contributed by atoms with Crippen LogP contribution in [0.15, 0.2) is 122 Å². The Morgan fingerprint density at radius 1 is 0.833 bits per heavy atom. The average molecular weight is 547 g/mol. The molecule has 0 aliphatic carbocycles. The third-order valence-electron chi connectivity index (χ3n) is 8.83. The highest BCUT2D eigenvalue weighted by molar-refractivity contribution is 6.10. The van der Waals surface area contributed by atoms with Crippen molar-refractivity contribution in [3.05, 3.63) is 144 Å². The normalized spacial score (nSPS) is 15.3. The third kappa shape index (κ3) is 4.84. The van der Waals surface area contributed by atoms with Gasteiger partial charge in [0.1, 0.15) is 0 Å². The fraction of sp³-hybridized carbons (Fsp3) is 0.150. The fourth-order valence-electron chi connectivity index (χ4n) is 6.37. The van der Waals surface area contributed by atoms with Crippen molar-refractivity contribution in [2.24, 2.45) is 5.73 Å². The van der Waals surface area contributed by atoms with Gasteiger partial charge < -0.3 is 10.6 Å². The van der Waals surface area contributed by atoms with Gasteiger partial charge in [-0.15, -0.1) is 0 Å². The fourth-order valence-corrected chi connectivity index (χ4v) is 6.37. The summed E-state index contributed by atoms with van der Waals surface area (Å²) in [5, 5.41) is 4.93. The van der Waals surface area contributed by atoms with E-state index in [1.165, 1.54) is 66.2 Å². The first kappa shape index (κ1) is 27.4. The summed E-state index contributed by atoms with van der Waals surface area (Å²) < 4.78 is 0. The van der Waals surface area contributed by atoms with E-state index in [9.17, 15) is 0 Å². The maximum Gasteiger partial charge on any atom is 0.0520 e. The highest BCUT2D eigenvalue weighted by Gasteiger charge is 2.20. The molecule has 1 aliphatic heterocycles. The number of nitrogens with zero attached hydrogens (tertiary/aromatic N) is 1. The molecule has 0 fully saturated rings. The van der Waals surface area contributed by atoms with Crippen molar-refractivity contribution in [2.75, 3.05) is 7.05 Å². The van der Waals surface area contributed by atoms with Crippen LogP contribution in [-0.2, 0) is 0 Å². The maximum atomic E-state index is 6.08. The first-order chi connectivity index (χ1) is 20.4. The minimum Gasteiger partial charge on any atom is -0.404 e. The summed E-state index contributed by atoms with van der Waals surface area (Å²) in [4.78, 5) is 2.31. The number of aryl methyl sites for hydroxylation is 1. The number of hydrogen-bond donors (Lipinski definition) is 1.